The van der Waals surface area contributed by atoms with Crippen LogP contribution in [0.1, 0.15) is 30.8 Å². The van der Waals surface area contributed by atoms with E-state index in [9.17, 15) is 0 Å². The summed E-state index contributed by atoms with van der Waals surface area (Å²) in [7, 11) is 0. The zero-order valence-electron chi connectivity index (χ0n) is 9.00. The van der Waals surface area contributed by atoms with Gasteiger partial charge in [-0.15, -0.1) is 5.10 Å². The van der Waals surface area contributed by atoms with Crippen LogP contribution in [0.3, 0.4) is 0 Å². The first-order valence-corrected chi connectivity index (χ1v) is 5.95. The van der Waals surface area contributed by atoms with Crippen LogP contribution in [0.25, 0.3) is 0 Å². The smallest absolute Gasteiger partial charge is 0.108 e. The van der Waals surface area contributed by atoms with E-state index in [1.807, 2.05) is 16.1 Å². The highest BCUT2D eigenvalue weighted by atomic mass is 32.1. The quantitative estimate of drug-likeness (QED) is 0.592. The molecular weight excluding hydrogens is 224 g/mol. The number of hydrogen-bond donors (Lipinski definition) is 2. The summed E-state index contributed by atoms with van der Waals surface area (Å²) in [4.78, 5) is 0. The lowest BCUT2D eigenvalue weighted by molar-refractivity contribution is 0.514. The Labute approximate surface area is 97.6 Å². The summed E-state index contributed by atoms with van der Waals surface area (Å²) in [6.45, 7) is 2.98. The molecule has 0 saturated carbocycles. The Morgan fingerprint density at radius 2 is 2.50 bits per heavy atom. The van der Waals surface area contributed by atoms with Gasteiger partial charge in [0.15, 0.2) is 0 Å². The number of hydrogen-bond acceptors (Lipinski definition) is 6. The molecule has 16 heavy (non-hydrogen) atoms. The number of nitrogens with two attached hydrogens (primary N) is 1. The molecule has 0 amide bonds. The lowest BCUT2D eigenvalue weighted by atomic mass is 10.1. The fourth-order valence-electron chi connectivity index (χ4n) is 1.61. The first-order chi connectivity index (χ1) is 7.86. The van der Waals surface area contributed by atoms with Crippen LogP contribution in [0.2, 0.25) is 0 Å². The summed E-state index contributed by atoms with van der Waals surface area (Å²) in [6.07, 6.45) is 2.80. The highest BCUT2D eigenvalue weighted by Gasteiger charge is 2.18. The van der Waals surface area contributed by atoms with Crippen molar-refractivity contribution < 1.29 is 0 Å². The number of hydrazine groups is 1. The minimum Gasteiger partial charge on any atom is -0.270 e. The topological polar surface area (TPSA) is 81.7 Å². The van der Waals surface area contributed by atoms with Gasteiger partial charge in [-0.1, -0.05) is 11.4 Å². The van der Waals surface area contributed by atoms with Crippen LogP contribution >= 0.6 is 11.5 Å². The molecule has 2 aromatic heterocycles. The highest BCUT2D eigenvalue weighted by Crippen LogP contribution is 2.19. The van der Waals surface area contributed by atoms with Crippen molar-refractivity contribution in [1.82, 2.24) is 24.8 Å². The molecule has 0 radical (unpaired) electrons. The predicted molar refractivity (Wildman–Crippen MR) is 61.6 cm³/mol. The molecule has 0 aromatic carbocycles. The summed E-state index contributed by atoms with van der Waals surface area (Å²) < 4.78 is 5.78. The molecule has 0 aliphatic carbocycles. The molecule has 0 saturated heterocycles. The summed E-state index contributed by atoms with van der Waals surface area (Å²) in [5.41, 5.74) is 4.58. The average molecular weight is 238 g/mol. The van der Waals surface area contributed by atoms with E-state index in [2.05, 4.69) is 27.0 Å². The van der Waals surface area contributed by atoms with Gasteiger partial charge in [0.05, 0.1) is 11.4 Å². The van der Waals surface area contributed by atoms with E-state index in [4.69, 9.17) is 5.84 Å². The second-order valence-electron chi connectivity index (χ2n) is 3.41. The zero-order chi connectivity index (χ0) is 11.4. The van der Waals surface area contributed by atoms with Crippen molar-refractivity contribution in [2.24, 2.45) is 5.84 Å². The Kier molecular flexibility index (Phi) is 3.60. The summed E-state index contributed by atoms with van der Waals surface area (Å²) in [5, 5.41) is 10.2. The number of aromatic nitrogens is 4. The van der Waals surface area contributed by atoms with Gasteiger partial charge in [0.2, 0.25) is 0 Å². The molecule has 86 valence electrons. The van der Waals surface area contributed by atoms with Gasteiger partial charge in [-0.2, -0.15) is 5.10 Å². The largest absolute Gasteiger partial charge is 0.270 e. The third-order valence-electron chi connectivity index (χ3n) is 2.32. The van der Waals surface area contributed by atoms with Gasteiger partial charge in [-0.05, 0) is 24.0 Å². The first-order valence-electron chi connectivity index (χ1n) is 5.11. The molecular formula is C9H14N6S. The second-order valence-corrected chi connectivity index (χ2v) is 4.02. The highest BCUT2D eigenvalue weighted by molar-refractivity contribution is 7.03. The molecule has 3 N–H and O–H groups in total. The van der Waals surface area contributed by atoms with E-state index < -0.39 is 0 Å². The maximum absolute atomic E-state index is 5.57. The minimum atomic E-state index is -0.146. The standard InChI is InChI=1S/C9H14N6S/c1-2-5-15-8(3-4-11-15)9(12-10)7-6-16-14-13-7/h3-4,6,9,12H,2,5,10H2,1H3. The predicted octanol–water partition coefficient (Wildman–Crippen LogP) is 0.697. The van der Waals surface area contributed by atoms with E-state index in [1.165, 1.54) is 11.5 Å². The van der Waals surface area contributed by atoms with Crippen molar-refractivity contribution in [3.63, 3.8) is 0 Å². The molecule has 2 rings (SSSR count). The number of aryl methyl sites for hydroxylation is 1. The van der Waals surface area contributed by atoms with E-state index in [-0.39, 0.29) is 6.04 Å². The summed E-state index contributed by atoms with van der Waals surface area (Å²) in [6, 6.07) is 1.80. The van der Waals surface area contributed by atoms with Crippen molar-refractivity contribution in [1.29, 1.82) is 0 Å². The fraction of sp³-hybridized carbons (Fsp3) is 0.444. The molecule has 1 unspecified atom stereocenters. The van der Waals surface area contributed by atoms with Gasteiger partial charge in [0, 0.05) is 18.1 Å². The van der Waals surface area contributed by atoms with Crippen LogP contribution in [-0.4, -0.2) is 19.4 Å². The van der Waals surface area contributed by atoms with E-state index in [0.29, 0.717) is 0 Å². The molecule has 6 nitrogen and oxygen atoms in total. The van der Waals surface area contributed by atoms with Gasteiger partial charge >= 0.3 is 0 Å². The van der Waals surface area contributed by atoms with Gasteiger partial charge in [0.25, 0.3) is 0 Å². The van der Waals surface area contributed by atoms with Crippen LogP contribution in [0.15, 0.2) is 17.6 Å². The van der Waals surface area contributed by atoms with Crippen LogP contribution in [0.4, 0.5) is 0 Å². The average Bonchev–Trinajstić information content (AvgIpc) is 2.92. The molecule has 7 heteroatoms. The van der Waals surface area contributed by atoms with Gasteiger partial charge in [-0.3, -0.25) is 10.5 Å². The number of nitrogens with zero attached hydrogens (tertiary/aromatic N) is 4. The van der Waals surface area contributed by atoms with Crippen molar-refractivity contribution in [3.8, 4) is 0 Å². The van der Waals surface area contributed by atoms with E-state index in [1.54, 1.807) is 6.20 Å². The SMILES string of the molecule is CCCn1nccc1C(NN)c1csnn1. The van der Waals surface area contributed by atoms with Crippen LogP contribution in [0.5, 0.6) is 0 Å². The lowest BCUT2D eigenvalue weighted by Crippen LogP contribution is -2.31. The minimum absolute atomic E-state index is 0.146. The third-order valence-corrected chi connectivity index (χ3v) is 2.84. The second kappa shape index (κ2) is 5.15. The van der Waals surface area contributed by atoms with Gasteiger partial charge in [-0.25, -0.2) is 5.43 Å². The van der Waals surface area contributed by atoms with Crippen LogP contribution < -0.4 is 11.3 Å². The Morgan fingerprint density at radius 1 is 1.62 bits per heavy atom. The fourth-order valence-corrected chi connectivity index (χ4v) is 2.09. The molecule has 0 aliphatic rings. The maximum atomic E-state index is 5.57. The van der Waals surface area contributed by atoms with E-state index in [0.717, 1.165) is 24.4 Å². The van der Waals surface area contributed by atoms with Crippen molar-refractivity contribution in [3.05, 3.63) is 29.0 Å². The molecule has 0 bridgehead atoms. The molecule has 2 aromatic rings. The summed E-state index contributed by atoms with van der Waals surface area (Å²) in [5.74, 6) is 5.57. The molecule has 0 aliphatic heterocycles. The van der Waals surface area contributed by atoms with Gasteiger partial charge < -0.3 is 0 Å². The summed E-state index contributed by atoms with van der Waals surface area (Å²) >= 11 is 1.31. The van der Waals surface area contributed by atoms with Crippen molar-refractivity contribution >= 4 is 11.5 Å². The van der Waals surface area contributed by atoms with Crippen molar-refractivity contribution in [2.45, 2.75) is 25.9 Å². The molecule has 0 spiro atoms. The number of nitrogens with one attached hydrogen (secondary N) is 1. The van der Waals surface area contributed by atoms with Crippen LogP contribution in [-0.2, 0) is 6.54 Å². The first kappa shape index (κ1) is 11.2. The normalized spacial score (nSPS) is 12.9. The van der Waals surface area contributed by atoms with Crippen molar-refractivity contribution in [2.75, 3.05) is 0 Å². The monoisotopic (exact) mass is 238 g/mol. The molecule has 0 fully saturated rings. The molecule has 1 atom stereocenters. The molecule has 2 heterocycles. The van der Waals surface area contributed by atoms with E-state index >= 15 is 0 Å². The Bertz CT molecular complexity index is 423. The lowest BCUT2D eigenvalue weighted by Gasteiger charge is -2.14. The Morgan fingerprint density at radius 3 is 3.12 bits per heavy atom. The van der Waals surface area contributed by atoms with Crippen LogP contribution in [0, 0.1) is 0 Å². The Hall–Kier alpha value is -1.31. The zero-order valence-corrected chi connectivity index (χ0v) is 9.81. The third kappa shape index (κ3) is 2.11. The van der Waals surface area contributed by atoms with Gasteiger partial charge in [0.1, 0.15) is 6.04 Å². The number of rotatable bonds is 5. The maximum Gasteiger partial charge on any atom is 0.108 e. The Balaban J connectivity index is 2.30.